The highest BCUT2D eigenvalue weighted by Crippen LogP contribution is 2.45. The average molecular weight is 1550 g/mol. The summed E-state index contributed by atoms with van der Waals surface area (Å²) in [6.45, 7) is 4.54. The molecule has 616 valence electrons. The molecule has 0 aromatic rings. The van der Waals surface area contributed by atoms with E-state index < -0.39 is 97.5 Å². The van der Waals surface area contributed by atoms with Crippen LogP contribution < -0.4 is 0 Å². The molecule has 0 aliphatic heterocycles. The van der Waals surface area contributed by atoms with Gasteiger partial charge in [0.2, 0.25) is 0 Å². The first-order chi connectivity index (χ1) is 52.7. The summed E-state index contributed by atoms with van der Waals surface area (Å²) in [6, 6.07) is 0. The SMILES string of the molecule is CC/C=C\C/C=C\C/C=C\C/C=C\C/C=C\C/C=C\CCC(=O)O[C@H](COC(=O)CC/C=C\C/C=C\C/C=C\C/C=C\C/C=C\CCCCC)COP(=O)(O)OC[C@@H](O)COP(=O)(O)OC[C@@H](COC(=O)CCCCCCCCC/C=C\CCCCCC)OC(=O)CCCCCCCCC/C=C\CCCCCC. The largest absolute Gasteiger partial charge is 0.472 e. The lowest BCUT2D eigenvalue weighted by atomic mass is 10.1. The number of ether oxygens (including phenoxy) is 4. The number of phosphoric acid groups is 2. The summed E-state index contributed by atoms with van der Waals surface area (Å²) >= 11 is 0. The van der Waals surface area contributed by atoms with E-state index in [1.54, 1.807) is 0 Å². The van der Waals surface area contributed by atoms with Gasteiger partial charge in [-0.1, -0.05) is 301 Å². The predicted molar refractivity (Wildman–Crippen MR) is 445 cm³/mol. The zero-order valence-corrected chi connectivity index (χ0v) is 69.3. The number of rotatable bonds is 77. The molecular weight excluding hydrogens is 1400 g/mol. The zero-order chi connectivity index (χ0) is 78.9. The molecule has 0 radical (unpaired) electrons. The minimum Gasteiger partial charge on any atom is -0.462 e. The van der Waals surface area contributed by atoms with E-state index in [-0.39, 0.29) is 25.7 Å². The third kappa shape index (κ3) is 78.8. The summed E-state index contributed by atoms with van der Waals surface area (Å²) in [6.07, 6.45) is 93.8. The first kappa shape index (κ1) is 103. The van der Waals surface area contributed by atoms with Crippen molar-refractivity contribution >= 4 is 39.5 Å². The standard InChI is InChI=1S/C89H148O17P2/c1-5-9-13-17-21-25-29-33-37-39-41-43-47-50-54-58-62-66-70-74-87(92)100-80-85(106-89(94)76-72-68-64-60-56-52-48-44-42-40-38-34-30-26-22-18-14-10-6-2)82-104-108(97,98)102-78-83(90)77-101-107(95,96)103-81-84(105-88(93)75-71-67-63-59-55-51-46-36-32-28-24-20-16-12-8-4)79-99-86(91)73-69-65-61-57-53-49-45-35-31-27-23-19-15-11-7-3/h10,14,21-22,25-28,31-34,37-38,41-44,50,52,54,56,62,64,66,68,83-85,90H,5-9,11-13,15-20,23-24,29-30,35-36,39-40,45-49,51,53,55,57-61,63,65,67,69-82H2,1-4H3,(H,95,96)(H,97,98)/b14-10-,25-21-,26-22-,31-27-,32-28-,37-33-,38-34-,43-41-,44-42-,54-50-,56-52-,66-62-,68-64-/t83-,84+,85+/m0/s1. The van der Waals surface area contributed by atoms with Crippen molar-refractivity contribution in [2.24, 2.45) is 0 Å². The molecule has 0 rings (SSSR count). The fourth-order valence-corrected chi connectivity index (χ4v) is 12.2. The van der Waals surface area contributed by atoms with Crippen LogP contribution in [0.4, 0.5) is 0 Å². The van der Waals surface area contributed by atoms with Crippen LogP contribution in [0, 0.1) is 0 Å². The van der Waals surface area contributed by atoms with Gasteiger partial charge < -0.3 is 33.8 Å². The number of carbonyl (C=O) groups is 4. The van der Waals surface area contributed by atoms with Crippen molar-refractivity contribution in [1.29, 1.82) is 0 Å². The lowest BCUT2D eigenvalue weighted by Crippen LogP contribution is -2.30. The highest BCUT2D eigenvalue weighted by atomic mass is 31.2. The second kappa shape index (κ2) is 79.8. The Morgan fingerprint density at radius 1 is 0.269 bits per heavy atom. The van der Waals surface area contributed by atoms with Crippen LogP contribution in [0.15, 0.2) is 158 Å². The number of allylic oxidation sites excluding steroid dienone is 26. The lowest BCUT2D eigenvalue weighted by molar-refractivity contribution is -0.161. The van der Waals surface area contributed by atoms with E-state index in [1.807, 2.05) is 36.5 Å². The average Bonchev–Trinajstić information content (AvgIpc) is 0.900. The van der Waals surface area contributed by atoms with E-state index in [0.717, 1.165) is 148 Å². The Kier molecular flexibility index (Phi) is 75.8. The molecule has 0 saturated carbocycles. The lowest BCUT2D eigenvalue weighted by Gasteiger charge is -2.21. The van der Waals surface area contributed by atoms with Gasteiger partial charge in [0.15, 0.2) is 12.2 Å². The Labute approximate surface area is 655 Å². The number of hydrogen-bond acceptors (Lipinski definition) is 15. The Hall–Kier alpha value is -5.32. The minimum atomic E-state index is -5.02. The molecule has 17 nitrogen and oxygen atoms in total. The first-order valence-electron chi connectivity index (χ1n) is 41.7. The number of phosphoric ester groups is 2. The summed E-state index contributed by atoms with van der Waals surface area (Å²) in [5.41, 5.74) is 0. The van der Waals surface area contributed by atoms with Gasteiger partial charge >= 0.3 is 39.5 Å². The maximum atomic E-state index is 13.1. The molecule has 0 bridgehead atoms. The van der Waals surface area contributed by atoms with Crippen molar-refractivity contribution in [2.75, 3.05) is 39.6 Å². The third-order valence-corrected chi connectivity index (χ3v) is 18.9. The number of carbonyl (C=O) groups excluding carboxylic acids is 4. The van der Waals surface area contributed by atoms with Gasteiger partial charge in [-0.25, -0.2) is 9.13 Å². The molecule has 0 aliphatic rings. The fourth-order valence-electron chi connectivity index (χ4n) is 10.6. The summed E-state index contributed by atoms with van der Waals surface area (Å²) in [4.78, 5) is 73.1. The number of aliphatic hydroxyl groups excluding tert-OH is 1. The van der Waals surface area contributed by atoms with Gasteiger partial charge in [-0.15, -0.1) is 0 Å². The molecule has 0 heterocycles. The number of aliphatic hydroxyl groups is 1. The van der Waals surface area contributed by atoms with Gasteiger partial charge in [0.05, 0.1) is 26.4 Å². The van der Waals surface area contributed by atoms with Crippen LogP contribution >= 0.6 is 15.6 Å². The second-order valence-corrected chi connectivity index (χ2v) is 30.2. The molecule has 2 unspecified atom stereocenters. The monoisotopic (exact) mass is 1550 g/mol. The van der Waals surface area contributed by atoms with Gasteiger partial charge in [-0.2, -0.15) is 0 Å². The molecule has 108 heavy (non-hydrogen) atoms. The van der Waals surface area contributed by atoms with Crippen LogP contribution in [0.3, 0.4) is 0 Å². The van der Waals surface area contributed by atoms with E-state index in [1.165, 1.54) is 83.5 Å². The second-order valence-electron chi connectivity index (χ2n) is 27.3. The molecule has 3 N–H and O–H groups in total. The van der Waals surface area contributed by atoms with Crippen LogP contribution in [0.25, 0.3) is 0 Å². The number of esters is 4. The van der Waals surface area contributed by atoms with Crippen molar-refractivity contribution in [3.05, 3.63) is 158 Å². The van der Waals surface area contributed by atoms with Gasteiger partial charge in [0.25, 0.3) is 0 Å². The zero-order valence-electron chi connectivity index (χ0n) is 67.5. The first-order valence-corrected chi connectivity index (χ1v) is 44.7. The Balaban J connectivity index is 5.52. The predicted octanol–water partition coefficient (Wildman–Crippen LogP) is 24.8. The quantitative estimate of drug-likeness (QED) is 0.0169. The molecule has 0 aromatic heterocycles. The van der Waals surface area contributed by atoms with Crippen molar-refractivity contribution in [1.82, 2.24) is 0 Å². The van der Waals surface area contributed by atoms with Crippen LogP contribution in [0.2, 0.25) is 0 Å². The van der Waals surface area contributed by atoms with E-state index in [9.17, 15) is 43.2 Å². The fraction of sp³-hybridized carbons (Fsp3) is 0.663. The molecule has 0 saturated heterocycles. The van der Waals surface area contributed by atoms with Crippen LogP contribution in [0.5, 0.6) is 0 Å². The topological polar surface area (TPSA) is 237 Å². The summed E-state index contributed by atoms with van der Waals surface area (Å²) in [5.74, 6) is -2.38. The smallest absolute Gasteiger partial charge is 0.462 e. The molecule has 0 aromatic carbocycles. The molecule has 19 heteroatoms. The van der Waals surface area contributed by atoms with E-state index in [2.05, 4.69) is 149 Å². The van der Waals surface area contributed by atoms with E-state index >= 15 is 0 Å². The Bertz CT molecular complexity index is 2660. The highest BCUT2D eigenvalue weighted by molar-refractivity contribution is 7.47. The third-order valence-electron chi connectivity index (χ3n) is 17.0. The van der Waals surface area contributed by atoms with Gasteiger partial charge in [-0.3, -0.25) is 37.3 Å². The molecule has 0 amide bonds. The molecule has 0 aliphatic carbocycles. The van der Waals surface area contributed by atoms with Crippen molar-refractivity contribution in [3.8, 4) is 0 Å². The summed E-state index contributed by atoms with van der Waals surface area (Å²) in [5, 5.41) is 10.7. The maximum Gasteiger partial charge on any atom is 0.472 e. The van der Waals surface area contributed by atoms with E-state index in [4.69, 9.17) is 37.0 Å². The normalized spacial score (nSPS) is 14.6. The van der Waals surface area contributed by atoms with Crippen molar-refractivity contribution in [2.45, 2.75) is 341 Å². The van der Waals surface area contributed by atoms with Gasteiger partial charge in [-0.05, 0) is 154 Å². The van der Waals surface area contributed by atoms with Crippen molar-refractivity contribution < 1.29 is 80.2 Å². The molecule has 5 atom stereocenters. The number of unbranched alkanes of at least 4 members (excludes halogenated alkanes) is 25. The minimum absolute atomic E-state index is 0.0170. The molecule has 0 fully saturated rings. The van der Waals surface area contributed by atoms with Gasteiger partial charge in [0.1, 0.15) is 19.3 Å². The van der Waals surface area contributed by atoms with Crippen LogP contribution in [0.1, 0.15) is 323 Å². The van der Waals surface area contributed by atoms with E-state index in [0.29, 0.717) is 38.5 Å². The molecule has 0 spiro atoms. The maximum absolute atomic E-state index is 13.1. The highest BCUT2D eigenvalue weighted by Gasteiger charge is 2.30. The van der Waals surface area contributed by atoms with Crippen LogP contribution in [-0.4, -0.2) is 96.7 Å². The number of hydrogen-bond donors (Lipinski definition) is 3. The van der Waals surface area contributed by atoms with Crippen LogP contribution in [-0.2, 0) is 65.4 Å². The molecular formula is C89H148O17P2. The summed E-state index contributed by atoms with van der Waals surface area (Å²) < 4.78 is 68.6. The van der Waals surface area contributed by atoms with Gasteiger partial charge in [0, 0.05) is 25.7 Å². The summed E-state index contributed by atoms with van der Waals surface area (Å²) in [7, 11) is -10.0. The Morgan fingerprint density at radius 3 is 0.843 bits per heavy atom. The Morgan fingerprint density at radius 2 is 0.500 bits per heavy atom. The van der Waals surface area contributed by atoms with Crippen molar-refractivity contribution in [3.63, 3.8) is 0 Å².